The van der Waals surface area contributed by atoms with Crippen LogP contribution in [0.2, 0.25) is 0 Å². The van der Waals surface area contributed by atoms with Gasteiger partial charge in [-0.2, -0.15) is 5.26 Å². The summed E-state index contributed by atoms with van der Waals surface area (Å²) in [6.07, 6.45) is 3.96. The molecule has 1 N–H and O–H groups in total. The number of rotatable bonds is 4. The summed E-state index contributed by atoms with van der Waals surface area (Å²) in [7, 11) is 1.72. The second kappa shape index (κ2) is 6.00. The molecule has 3 heterocycles. The number of aromatic nitrogens is 2. The lowest BCUT2D eigenvalue weighted by Gasteiger charge is -2.13. The highest BCUT2D eigenvalue weighted by atomic mass is 32.1. The van der Waals surface area contributed by atoms with Crippen molar-refractivity contribution in [2.45, 2.75) is 6.42 Å². The van der Waals surface area contributed by atoms with Crippen molar-refractivity contribution in [3.63, 3.8) is 0 Å². The number of thiophene rings is 1. The van der Waals surface area contributed by atoms with Gasteiger partial charge < -0.3 is 9.88 Å². The fourth-order valence-corrected chi connectivity index (χ4v) is 3.32. The van der Waals surface area contributed by atoms with E-state index < -0.39 is 0 Å². The minimum absolute atomic E-state index is 0. The van der Waals surface area contributed by atoms with E-state index in [2.05, 4.69) is 16.0 Å². The number of carbonyl (C=O) groups is 1. The van der Waals surface area contributed by atoms with Crippen LogP contribution in [-0.2, 0) is 0 Å². The molecule has 0 spiro atoms. The largest absolute Gasteiger partial charge is 0.346 e. The number of nitrogens with zero attached hydrogens (tertiary/aromatic N) is 3. The standard InChI is InChI=1S/C16H14N4OS.H2/c1-20(10-2-7-17)16(21)14-4-3-13(22-14)11-5-8-18-15-12(11)6-9-19-15;/h3-6,8-9H,2,10H2,1H3,(H,18,19);1H. The number of carbonyl (C=O) groups excluding carboxylic acids is 1. The number of nitrogens with one attached hydrogen (secondary N) is 1. The number of nitriles is 1. The topological polar surface area (TPSA) is 72.8 Å². The van der Waals surface area contributed by atoms with Crippen molar-refractivity contribution in [1.82, 2.24) is 14.9 Å². The summed E-state index contributed by atoms with van der Waals surface area (Å²) in [5.74, 6) is -0.0501. The summed E-state index contributed by atoms with van der Waals surface area (Å²) in [5.41, 5.74) is 1.90. The third-order valence-corrected chi connectivity index (χ3v) is 4.55. The predicted molar refractivity (Wildman–Crippen MR) is 88.7 cm³/mol. The van der Waals surface area contributed by atoms with Gasteiger partial charge >= 0.3 is 0 Å². The first-order chi connectivity index (χ1) is 10.7. The molecule has 112 valence electrons. The van der Waals surface area contributed by atoms with Crippen molar-refractivity contribution in [2.24, 2.45) is 0 Å². The summed E-state index contributed by atoms with van der Waals surface area (Å²) < 4.78 is 0. The van der Waals surface area contributed by atoms with Gasteiger partial charge in [0.15, 0.2) is 0 Å². The van der Waals surface area contributed by atoms with Crippen LogP contribution in [-0.4, -0.2) is 34.4 Å². The number of hydrogen-bond donors (Lipinski definition) is 1. The summed E-state index contributed by atoms with van der Waals surface area (Å²) in [6, 6.07) is 9.78. The summed E-state index contributed by atoms with van der Waals surface area (Å²) in [4.78, 5) is 23.0. The van der Waals surface area contributed by atoms with Crippen LogP contribution < -0.4 is 0 Å². The molecule has 0 aliphatic carbocycles. The van der Waals surface area contributed by atoms with Gasteiger partial charge in [-0.25, -0.2) is 4.98 Å². The van der Waals surface area contributed by atoms with E-state index in [9.17, 15) is 4.79 Å². The van der Waals surface area contributed by atoms with Gasteiger partial charge in [0.1, 0.15) is 5.65 Å². The monoisotopic (exact) mass is 312 g/mol. The van der Waals surface area contributed by atoms with E-state index in [0.29, 0.717) is 17.8 Å². The minimum Gasteiger partial charge on any atom is -0.346 e. The van der Waals surface area contributed by atoms with Crippen molar-refractivity contribution < 1.29 is 6.22 Å². The first-order valence-electron chi connectivity index (χ1n) is 6.85. The number of H-pyrrole nitrogens is 1. The lowest BCUT2D eigenvalue weighted by Crippen LogP contribution is -2.26. The maximum Gasteiger partial charge on any atom is 0.263 e. The Hall–Kier alpha value is -2.65. The van der Waals surface area contributed by atoms with E-state index in [1.165, 1.54) is 11.3 Å². The summed E-state index contributed by atoms with van der Waals surface area (Å²) in [5, 5.41) is 9.65. The number of pyridine rings is 1. The summed E-state index contributed by atoms with van der Waals surface area (Å²) in [6.45, 7) is 0.444. The van der Waals surface area contributed by atoms with Gasteiger partial charge in [-0.1, -0.05) is 0 Å². The molecule has 5 nitrogen and oxygen atoms in total. The van der Waals surface area contributed by atoms with Crippen LogP contribution in [0.15, 0.2) is 36.7 Å². The Labute approximate surface area is 133 Å². The van der Waals surface area contributed by atoms with Crippen LogP contribution in [0.3, 0.4) is 0 Å². The number of aromatic amines is 1. The van der Waals surface area contributed by atoms with Crippen molar-refractivity contribution >= 4 is 28.3 Å². The Morgan fingerprint density at radius 1 is 1.45 bits per heavy atom. The second-order valence-electron chi connectivity index (χ2n) is 4.90. The molecule has 0 saturated heterocycles. The smallest absolute Gasteiger partial charge is 0.263 e. The lowest BCUT2D eigenvalue weighted by atomic mass is 10.1. The molecule has 3 aromatic rings. The van der Waals surface area contributed by atoms with Gasteiger partial charge in [0.2, 0.25) is 0 Å². The molecule has 0 aliphatic rings. The number of amides is 1. The van der Waals surface area contributed by atoms with Crippen LogP contribution in [0.25, 0.3) is 21.5 Å². The fourth-order valence-electron chi connectivity index (χ4n) is 2.28. The molecule has 0 saturated carbocycles. The lowest BCUT2D eigenvalue weighted by molar-refractivity contribution is 0.0803. The van der Waals surface area contributed by atoms with E-state index in [4.69, 9.17) is 5.26 Å². The first kappa shape index (κ1) is 14.3. The Bertz CT molecular complexity index is 864. The zero-order valence-corrected chi connectivity index (χ0v) is 12.9. The molecular formula is C16H16N4OS. The predicted octanol–water partition coefficient (Wildman–Crippen LogP) is 3.52. The average Bonchev–Trinajstić information content (AvgIpc) is 3.20. The maximum absolute atomic E-state index is 12.3. The highest BCUT2D eigenvalue weighted by molar-refractivity contribution is 7.17. The average molecular weight is 312 g/mol. The Kier molecular flexibility index (Phi) is 3.90. The molecule has 0 atom stereocenters. The van der Waals surface area contributed by atoms with E-state index in [-0.39, 0.29) is 7.33 Å². The van der Waals surface area contributed by atoms with Crippen LogP contribution in [0, 0.1) is 11.3 Å². The second-order valence-corrected chi connectivity index (χ2v) is 5.98. The molecule has 1 amide bonds. The van der Waals surface area contributed by atoms with Gasteiger partial charge in [0.25, 0.3) is 5.91 Å². The Morgan fingerprint density at radius 3 is 3.14 bits per heavy atom. The van der Waals surface area contributed by atoms with Crippen LogP contribution in [0.1, 0.15) is 17.5 Å². The van der Waals surface area contributed by atoms with Gasteiger partial charge in [0.05, 0.1) is 17.4 Å². The van der Waals surface area contributed by atoms with Gasteiger partial charge in [-0.3, -0.25) is 4.79 Å². The molecule has 6 heteroatoms. The third-order valence-electron chi connectivity index (χ3n) is 3.45. The molecule has 0 unspecified atom stereocenters. The Balaban J connectivity index is 0.00000192. The number of hydrogen-bond acceptors (Lipinski definition) is 4. The molecule has 3 rings (SSSR count). The third kappa shape index (κ3) is 2.59. The molecule has 0 radical (unpaired) electrons. The van der Waals surface area contributed by atoms with Crippen LogP contribution >= 0.6 is 11.3 Å². The fraction of sp³-hybridized carbons (Fsp3) is 0.188. The highest BCUT2D eigenvalue weighted by Gasteiger charge is 2.15. The Morgan fingerprint density at radius 2 is 2.32 bits per heavy atom. The zero-order chi connectivity index (χ0) is 15.5. The first-order valence-corrected chi connectivity index (χ1v) is 7.67. The van der Waals surface area contributed by atoms with Crippen LogP contribution in [0.4, 0.5) is 0 Å². The van der Waals surface area contributed by atoms with Crippen LogP contribution in [0.5, 0.6) is 0 Å². The molecule has 0 aromatic carbocycles. The molecule has 22 heavy (non-hydrogen) atoms. The van der Waals surface area contributed by atoms with Crippen molar-refractivity contribution in [1.29, 1.82) is 5.26 Å². The maximum atomic E-state index is 12.3. The van der Waals surface area contributed by atoms with E-state index >= 15 is 0 Å². The zero-order valence-electron chi connectivity index (χ0n) is 12.0. The SMILES string of the molecule is CN(CCC#N)C(=O)c1ccc(-c2ccnc3[nH]ccc23)s1.[HH]. The highest BCUT2D eigenvalue weighted by Crippen LogP contribution is 2.33. The quantitative estimate of drug-likeness (QED) is 0.801. The molecule has 3 aromatic heterocycles. The molecular weight excluding hydrogens is 296 g/mol. The molecule has 0 fully saturated rings. The van der Waals surface area contributed by atoms with Crippen molar-refractivity contribution in [2.75, 3.05) is 13.6 Å². The minimum atomic E-state index is -0.0501. The van der Waals surface area contributed by atoms with E-state index in [1.54, 1.807) is 18.1 Å². The van der Waals surface area contributed by atoms with Crippen molar-refractivity contribution in [3.05, 3.63) is 41.5 Å². The molecule has 0 aliphatic heterocycles. The molecule has 0 bridgehead atoms. The van der Waals surface area contributed by atoms with E-state index in [0.717, 1.165) is 21.5 Å². The van der Waals surface area contributed by atoms with Gasteiger partial charge in [-0.15, -0.1) is 11.3 Å². The van der Waals surface area contributed by atoms with Gasteiger partial charge in [0, 0.05) is 43.2 Å². The number of fused-ring (bicyclic) bond motifs is 1. The van der Waals surface area contributed by atoms with Crippen molar-refractivity contribution in [3.8, 4) is 16.5 Å². The summed E-state index contributed by atoms with van der Waals surface area (Å²) >= 11 is 1.46. The van der Waals surface area contributed by atoms with E-state index in [1.807, 2.05) is 30.5 Å². The normalized spacial score (nSPS) is 10.5. The van der Waals surface area contributed by atoms with Gasteiger partial charge in [-0.05, 0) is 24.3 Å².